The first-order valence-corrected chi connectivity index (χ1v) is 5.80. The van der Waals surface area contributed by atoms with E-state index in [0.717, 1.165) is 10.1 Å². The Hall–Kier alpha value is -1.01. The molecular weight excluding hydrogens is 216 g/mol. The summed E-state index contributed by atoms with van der Waals surface area (Å²) in [5, 5.41) is 5.16. The van der Waals surface area contributed by atoms with Crippen LogP contribution in [0.2, 0.25) is 0 Å². The second kappa shape index (κ2) is 4.02. The normalized spacial score (nSPS) is 12.7. The Balaban J connectivity index is 2.06. The van der Waals surface area contributed by atoms with E-state index in [4.69, 9.17) is 0 Å². The van der Waals surface area contributed by atoms with Crippen LogP contribution in [0.25, 0.3) is 0 Å². The van der Waals surface area contributed by atoms with E-state index in [9.17, 15) is 0 Å². The van der Waals surface area contributed by atoms with Gasteiger partial charge in [0.2, 0.25) is 5.13 Å². The average Bonchev–Trinajstić information content (AvgIpc) is 2.75. The number of rotatable bonds is 3. The summed E-state index contributed by atoms with van der Waals surface area (Å²) in [5.41, 5.74) is 0. The van der Waals surface area contributed by atoms with Crippen LogP contribution in [0.15, 0.2) is 12.5 Å². The van der Waals surface area contributed by atoms with E-state index >= 15 is 0 Å². The Bertz CT molecular complexity index is 395. The fraction of sp³-hybridized carbons (Fsp3) is 0.375. The van der Waals surface area contributed by atoms with Gasteiger partial charge in [0.1, 0.15) is 11.3 Å². The molecule has 1 N–H and O–H groups in total. The molecule has 2 aromatic heterocycles. The Morgan fingerprint density at radius 2 is 2.29 bits per heavy atom. The predicted octanol–water partition coefficient (Wildman–Crippen LogP) is 2.48. The predicted molar refractivity (Wildman–Crippen MR) is 58.8 cm³/mol. The molecule has 6 heteroatoms. The molecule has 2 aromatic rings. The minimum atomic E-state index is 0.196. The van der Waals surface area contributed by atoms with Crippen LogP contribution in [-0.2, 0) is 0 Å². The molecular formula is C8H10N4S2. The largest absolute Gasteiger partial charge is 0.351 e. The van der Waals surface area contributed by atoms with Crippen LogP contribution in [0, 0.1) is 6.92 Å². The van der Waals surface area contributed by atoms with Crippen LogP contribution < -0.4 is 5.32 Å². The molecule has 0 radical (unpaired) electrons. The molecule has 1 atom stereocenters. The molecule has 14 heavy (non-hydrogen) atoms. The van der Waals surface area contributed by atoms with Crippen LogP contribution in [0.4, 0.5) is 5.13 Å². The zero-order valence-electron chi connectivity index (χ0n) is 7.89. The van der Waals surface area contributed by atoms with Crippen molar-refractivity contribution in [1.82, 2.24) is 14.3 Å². The van der Waals surface area contributed by atoms with Gasteiger partial charge in [-0.15, -0.1) is 11.3 Å². The Kier molecular flexibility index (Phi) is 2.74. The van der Waals surface area contributed by atoms with E-state index in [1.54, 1.807) is 17.7 Å². The molecule has 2 heterocycles. The van der Waals surface area contributed by atoms with Gasteiger partial charge in [-0.3, -0.25) is 0 Å². The highest BCUT2D eigenvalue weighted by atomic mass is 32.1. The highest BCUT2D eigenvalue weighted by Crippen LogP contribution is 2.23. The van der Waals surface area contributed by atoms with Crippen LogP contribution in [0.5, 0.6) is 0 Å². The molecule has 0 aliphatic carbocycles. The monoisotopic (exact) mass is 226 g/mol. The number of nitrogens with one attached hydrogen (secondary N) is 1. The van der Waals surface area contributed by atoms with Gasteiger partial charge in [0.05, 0.1) is 6.04 Å². The number of anilines is 1. The summed E-state index contributed by atoms with van der Waals surface area (Å²) in [6.07, 6.45) is 3.44. The third kappa shape index (κ3) is 2.08. The van der Waals surface area contributed by atoms with Gasteiger partial charge in [-0.05, 0) is 13.8 Å². The SMILES string of the molecule is Cc1cnc(C(C)Nc2ncns2)s1. The first-order valence-electron chi connectivity index (χ1n) is 4.21. The summed E-state index contributed by atoms with van der Waals surface area (Å²) in [4.78, 5) is 9.60. The molecule has 0 saturated heterocycles. The lowest BCUT2D eigenvalue weighted by atomic mass is 10.4. The van der Waals surface area contributed by atoms with Gasteiger partial charge in [-0.25, -0.2) is 9.97 Å². The smallest absolute Gasteiger partial charge is 0.202 e. The Labute approximate surface area is 90.2 Å². The Morgan fingerprint density at radius 1 is 1.43 bits per heavy atom. The van der Waals surface area contributed by atoms with Crippen molar-refractivity contribution in [2.24, 2.45) is 0 Å². The van der Waals surface area contributed by atoms with Crippen molar-refractivity contribution in [1.29, 1.82) is 0 Å². The molecule has 0 fully saturated rings. The molecule has 2 rings (SSSR count). The molecule has 0 aromatic carbocycles. The highest BCUT2D eigenvalue weighted by Gasteiger charge is 2.10. The van der Waals surface area contributed by atoms with Gasteiger partial charge < -0.3 is 5.32 Å². The van der Waals surface area contributed by atoms with Crippen molar-refractivity contribution in [3.05, 3.63) is 22.4 Å². The molecule has 0 amide bonds. The molecule has 0 spiro atoms. The van der Waals surface area contributed by atoms with Gasteiger partial charge in [-0.2, -0.15) is 4.37 Å². The van der Waals surface area contributed by atoms with E-state index in [0.29, 0.717) is 0 Å². The summed E-state index contributed by atoms with van der Waals surface area (Å²) in [6, 6.07) is 0.196. The second-order valence-electron chi connectivity index (χ2n) is 2.92. The first kappa shape index (κ1) is 9.54. The van der Waals surface area contributed by atoms with E-state index in [1.165, 1.54) is 16.4 Å². The third-order valence-electron chi connectivity index (χ3n) is 1.71. The van der Waals surface area contributed by atoms with Crippen molar-refractivity contribution in [2.75, 3.05) is 5.32 Å². The fourth-order valence-electron chi connectivity index (χ4n) is 1.06. The van der Waals surface area contributed by atoms with E-state index in [-0.39, 0.29) is 6.04 Å². The minimum absolute atomic E-state index is 0.196. The molecule has 4 nitrogen and oxygen atoms in total. The molecule has 1 unspecified atom stereocenters. The van der Waals surface area contributed by atoms with Crippen molar-refractivity contribution < 1.29 is 0 Å². The highest BCUT2D eigenvalue weighted by molar-refractivity contribution is 7.11. The van der Waals surface area contributed by atoms with Crippen LogP contribution >= 0.6 is 22.9 Å². The van der Waals surface area contributed by atoms with Gasteiger partial charge in [0.15, 0.2) is 0 Å². The van der Waals surface area contributed by atoms with Gasteiger partial charge >= 0.3 is 0 Å². The van der Waals surface area contributed by atoms with E-state index in [2.05, 4.69) is 33.5 Å². The third-order valence-corrected chi connectivity index (χ3v) is 3.40. The summed E-state index contributed by atoms with van der Waals surface area (Å²) < 4.78 is 3.93. The Morgan fingerprint density at radius 3 is 2.86 bits per heavy atom. The first-order chi connectivity index (χ1) is 6.75. The number of aryl methyl sites for hydroxylation is 1. The molecule has 0 bridgehead atoms. The standard InChI is InChI=1S/C8H10N4S2/c1-5-3-9-7(13-5)6(2)12-8-10-4-11-14-8/h3-4,6H,1-2H3,(H,10,11,12). The summed E-state index contributed by atoms with van der Waals surface area (Å²) >= 11 is 3.06. The summed E-state index contributed by atoms with van der Waals surface area (Å²) in [5.74, 6) is 0. The number of hydrogen-bond acceptors (Lipinski definition) is 6. The van der Waals surface area contributed by atoms with Crippen molar-refractivity contribution in [3.63, 3.8) is 0 Å². The zero-order chi connectivity index (χ0) is 9.97. The molecule has 0 saturated carbocycles. The van der Waals surface area contributed by atoms with Crippen molar-refractivity contribution in [2.45, 2.75) is 19.9 Å². The molecule has 0 aliphatic rings. The fourth-order valence-corrected chi connectivity index (χ4v) is 2.35. The zero-order valence-corrected chi connectivity index (χ0v) is 9.52. The van der Waals surface area contributed by atoms with Crippen molar-refractivity contribution in [3.8, 4) is 0 Å². The maximum atomic E-state index is 4.31. The van der Waals surface area contributed by atoms with E-state index in [1.807, 2.05) is 6.20 Å². The minimum Gasteiger partial charge on any atom is -0.351 e. The van der Waals surface area contributed by atoms with Crippen LogP contribution in [-0.4, -0.2) is 14.3 Å². The van der Waals surface area contributed by atoms with E-state index < -0.39 is 0 Å². The quantitative estimate of drug-likeness (QED) is 0.873. The molecule has 0 aliphatic heterocycles. The number of hydrogen-bond donors (Lipinski definition) is 1. The molecule has 74 valence electrons. The summed E-state index contributed by atoms with van der Waals surface area (Å²) in [7, 11) is 0. The lowest BCUT2D eigenvalue weighted by Crippen LogP contribution is -2.05. The second-order valence-corrected chi connectivity index (χ2v) is 4.97. The topological polar surface area (TPSA) is 50.7 Å². The number of aromatic nitrogens is 3. The van der Waals surface area contributed by atoms with Gasteiger partial charge in [0, 0.05) is 22.6 Å². The average molecular weight is 226 g/mol. The number of thiazole rings is 1. The maximum absolute atomic E-state index is 4.31. The van der Waals surface area contributed by atoms with Crippen molar-refractivity contribution >= 4 is 28.0 Å². The van der Waals surface area contributed by atoms with Gasteiger partial charge in [-0.1, -0.05) is 0 Å². The van der Waals surface area contributed by atoms with Crippen LogP contribution in [0.3, 0.4) is 0 Å². The lowest BCUT2D eigenvalue weighted by Gasteiger charge is -2.08. The maximum Gasteiger partial charge on any atom is 0.202 e. The van der Waals surface area contributed by atoms with Gasteiger partial charge in [0.25, 0.3) is 0 Å². The van der Waals surface area contributed by atoms with Crippen LogP contribution in [0.1, 0.15) is 22.9 Å². The summed E-state index contributed by atoms with van der Waals surface area (Å²) in [6.45, 7) is 4.12. The number of nitrogens with zero attached hydrogens (tertiary/aromatic N) is 3. The lowest BCUT2D eigenvalue weighted by molar-refractivity contribution is 0.867.